The first-order valence-corrected chi connectivity index (χ1v) is 12.7. The fraction of sp³-hybridized carbons (Fsp3) is 0.125. The van der Waals surface area contributed by atoms with Gasteiger partial charge in [-0.3, -0.25) is 0 Å². The van der Waals surface area contributed by atoms with Crippen LogP contribution in [-0.2, 0) is 10.0 Å². The Morgan fingerprint density at radius 2 is 1.70 bits per heavy atom. The summed E-state index contributed by atoms with van der Waals surface area (Å²) in [6, 6.07) is 23.4. The van der Waals surface area contributed by atoms with Gasteiger partial charge in [-0.2, -0.15) is 13.5 Å². The van der Waals surface area contributed by atoms with Crippen molar-refractivity contribution in [2.45, 2.75) is 17.7 Å². The number of hydrazone groups is 1. The van der Waals surface area contributed by atoms with Gasteiger partial charge in [0.05, 0.1) is 22.9 Å². The standard InChI is InChI=1S/C24H20BrClN4O2S/c1-16(27)24(29-33(31,32)21-13-9-19(25)10-14-21)30-15-22(17-5-3-2-4-6-17)23(28-30)18-7-11-20(26)12-8-18/h2-14,22,27H,15H2,1H3/b27-16?,29-24+. The summed E-state index contributed by atoms with van der Waals surface area (Å²) in [4.78, 5) is 0.0464. The highest BCUT2D eigenvalue weighted by atomic mass is 79.9. The molecule has 0 amide bonds. The molecule has 0 aromatic heterocycles. The lowest BCUT2D eigenvalue weighted by Gasteiger charge is -2.18. The topological polar surface area (TPSA) is 85.9 Å². The molecule has 1 heterocycles. The summed E-state index contributed by atoms with van der Waals surface area (Å²) in [6.45, 7) is 1.86. The molecule has 1 N–H and O–H groups in total. The van der Waals surface area contributed by atoms with E-state index in [-0.39, 0.29) is 22.4 Å². The number of hydrogen-bond donors (Lipinski definition) is 1. The fourth-order valence-electron chi connectivity index (χ4n) is 3.54. The Morgan fingerprint density at radius 1 is 1.06 bits per heavy atom. The largest absolute Gasteiger partial charge is 0.302 e. The molecule has 0 bridgehead atoms. The molecule has 33 heavy (non-hydrogen) atoms. The van der Waals surface area contributed by atoms with Crippen molar-refractivity contribution in [1.82, 2.24) is 5.01 Å². The Kier molecular flexibility index (Phi) is 6.78. The third kappa shape index (κ3) is 5.24. The van der Waals surface area contributed by atoms with Crippen LogP contribution in [0.15, 0.2) is 97.7 Å². The van der Waals surface area contributed by atoms with Crippen LogP contribution in [0, 0.1) is 5.41 Å². The summed E-state index contributed by atoms with van der Waals surface area (Å²) in [5.41, 5.74) is 2.66. The Balaban J connectivity index is 1.78. The zero-order valence-electron chi connectivity index (χ0n) is 17.6. The Morgan fingerprint density at radius 3 is 2.30 bits per heavy atom. The molecule has 1 aliphatic heterocycles. The van der Waals surface area contributed by atoms with Crippen molar-refractivity contribution < 1.29 is 8.42 Å². The van der Waals surface area contributed by atoms with Crippen molar-refractivity contribution in [2.75, 3.05) is 6.54 Å². The number of hydrogen-bond acceptors (Lipinski definition) is 4. The first-order valence-electron chi connectivity index (χ1n) is 10.1. The first kappa shape index (κ1) is 23.4. The van der Waals surface area contributed by atoms with E-state index in [2.05, 4.69) is 20.3 Å². The van der Waals surface area contributed by atoms with Gasteiger partial charge in [-0.1, -0.05) is 70.0 Å². The van der Waals surface area contributed by atoms with Crippen molar-refractivity contribution in [3.63, 3.8) is 0 Å². The van der Waals surface area contributed by atoms with Crippen LogP contribution in [0.4, 0.5) is 0 Å². The number of amidine groups is 1. The number of halogens is 2. The smallest absolute Gasteiger partial charge is 0.284 e. The van der Waals surface area contributed by atoms with Gasteiger partial charge >= 0.3 is 0 Å². The number of rotatable bonds is 5. The Hall–Kier alpha value is -2.81. The van der Waals surface area contributed by atoms with Gasteiger partial charge in [0.15, 0.2) is 5.84 Å². The molecule has 1 atom stereocenters. The maximum atomic E-state index is 13.0. The molecule has 3 aromatic carbocycles. The molecule has 0 fully saturated rings. The van der Waals surface area contributed by atoms with E-state index in [0.29, 0.717) is 11.6 Å². The molecule has 0 saturated carbocycles. The zero-order chi connectivity index (χ0) is 23.6. The van der Waals surface area contributed by atoms with Crippen LogP contribution in [0.5, 0.6) is 0 Å². The number of benzene rings is 3. The predicted molar refractivity (Wildman–Crippen MR) is 136 cm³/mol. The van der Waals surface area contributed by atoms with Crippen LogP contribution in [0.2, 0.25) is 5.02 Å². The van der Waals surface area contributed by atoms with E-state index in [1.54, 1.807) is 24.3 Å². The van der Waals surface area contributed by atoms with Crippen molar-refractivity contribution in [3.05, 3.63) is 99.5 Å². The second-order valence-electron chi connectivity index (χ2n) is 7.51. The fourth-order valence-corrected chi connectivity index (χ4v) is 4.98. The second kappa shape index (κ2) is 9.59. The molecule has 0 aliphatic carbocycles. The summed E-state index contributed by atoms with van der Waals surface area (Å²) < 4.78 is 30.7. The molecule has 168 valence electrons. The number of sulfonamides is 1. The Bertz CT molecular complexity index is 1340. The first-order chi connectivity index (χ1) is 15.7. The quantitative estimate of drug-likeness (QED) is 0.329. The minimum atomic E-state index is -4.03. The summed E-state index contributed by atoms with van der Waals surface area (Å²) in [5, 5.41) is 15.1. The van der Waals surface area contributed by atoms with Crippen molar-refractivity contribution in [1.29, 1.82) is 5.41 Å². The summed E-state index contributed by atoms with van der Waals surface area (Å²) in [6.07, 6.45) is 0. The molecule has 1 unspecified atom stereocenters. The van der Waals surface area contributed by atoms with E-state index < -0.39 is 10.0 Å². The molecule has 0 spiro atoms. The van der Waals surface area contributed by atoms with Gasteiger partial charge in [0.1, 0.15) is 0 Å². The van der Waals surface area contributed by atoms with Crippen molar-refractivity contribution in [3.8, 4) is 0 Å². The van der Waals surface area contributed by atoms with Gasteiger partial charge in [-0.25, -0.2) is 5.01 Å². The zero-order valence-corrected chi connectivity index (χ0v) is 20.8. The van der Waals surface area contributed by atoms with E-state index in [0.717, 1.165) is 21.3 Å². The second-order valence-corrected chi connectivity index (χ2v) is 10.5. The molecular formula is C24H20BrClN4O2S. The molecule has 4 rings (SSSR count). The average molecular weight is 544 g/mol. The molecule has 9 heteroatoms. The van der Waals surface area contributed by atoms with Crippen LogP contribution in [0.3, 0.4) is 0 Å². The lowest BCUT2D eigenvalue weighted by atomic mass is 9.90. The average Bonchev–Trinajstić information content (AvgIpc) is 3.24. The van der Waals surface area contributed by atoms with Gasteiger partial charge in [0, 0.05) is 15.4 Å². The van der Waals surface area contributed by atoms with Crippen molar-refractivity contribution in [2.24, 2.45) is 9.50 Å². The van der Waals surface area contributed by atoms with E-state index in [1.807, 2.05) is 42.5 Å². The molecular weight excluding hydrogens is 524 g/mol. The minimum Gasteiger partial charge on any atom is -0.302 e. The summed E-state index contributed by atoms with van der Waals surface area (Å²) in [5.74, 6) is -0.143. The molecule has 6 nitrogen and oxygen atoms in total. The van der Waals surface area contributed by atoms with Crippen LogP contribution >= 0.6 is 27.5 Å². The maximum absolute atomic E-state index is 13.0. The van der Waals surface area contributed by atoms with Crippen LogP contribution in [0.25, 0.3) is 0 Å². The van der Waals surface area contributed by atoms with E-state index in [9.17, 15) is 8.42 Å². The minimum absolute atomic E-state index is 0.00334. The van der Waals surface area contributed by atoms with E-state index in [4.69, 9.17) is 22.1 Å². The molecule has 3 aromatic rings. The molecule has 1 aliphatic rings. The van der Waals surface area contributed by atoms with Crippen LogP contribution in [-0.4, -0.2) is 37.2 Å². The van der Waals surface area contributed by atoms with Crippen molar-refractivity contribution >= 4 is 54.8 Å². The van der Waals surface area contributed by atoms with Gasteiger partial charge in [0.2, 0.25) is 0 Å². The third-order valence-electron chi connectivity index (χ3n) is 5.15. The highest BCUT2D eigenvalue weighted by Crippen LogP contribution is 2.30. The van der Waals surface area contributed by atoms with E-state index in [1.165, 1.54) is 24.1 Å². The van der Waals surface area contributed by atoms with E-state index >= 15 is 0 Å². The van der Waals surface area contributed by atoms with Crippen LogP contribution in [0.1, 0.15) is 24.0 Å². The monoisotopic (exact) mass is 542 g/mol. The highest BCUT2D eigenvalue weighted by Gasteiger charge is 2.33. The Labute approximate surface area is 206 Å². The van der Waals surface area contributed by atoms with Gasteiger partial charge in [-0.05, 0) is 54.4 Å². The third-order valence-corrected chi connectivity index (χ3v) is 7.22. The molecule has 0 saturated heterocycles. The highest BCUT2D eigenvalue weighted by molar-refractivity contribution is 9.10. The van der Waals surface area contributed by atoms with Gasteiger partial charge in [0.25, 0.3) is 10.0 Å². The van der Waals surface area contributed by atoms with Gasteiger partial charge in [-0.15, -0.1) is 4.40 Å². The van der Waals surface area contributed by atoms with Crippen LogP contribution < -0.4 is 0 Å². The summed E-state index contributed by atoms with van der Waals surface area (Å²) >= 11 is 9.37. The molecule has 0 radical (unpaired) electrons. The summed E-state index contributed by atoms with van der Waals surface area (Å²) in [7, 11) is -4.03. The predicted octanol–water partition coefficient (Wildman–Crippen LogP) is 5.73. The lowest BCUT2D eigenvalue weighted by Crippen LogP contribution is -2.31. The lowest BCUT2D eigenvalue weighted by molar-refractivity contribution is 0.480. The normalized spacial score (nSPS) is 16.6. The SMILES string of the molecule is CC(=N)/C(=N\S(=O)(=O)c1ccc(Br)cc1)N1CC(c2ccccc2)C(c2ccc(Cl)cc2)=N1. The maximum Gasteiger partial charge on any atom is 0.284 e. The van der Waals surface area contributed by atoms with Gasteiger partial charge < -0.3 is 5.41 Å². The number of nitrogens with one attached hydrogen (secondary N) is 1. The number of nitrogens with zero attached hydrogens (tertiary/aromatic N) is 3.